The molecule has 22 heavy (non-hydrogen) atoms. The molecule has 1 aliphatic rings. The first-order valence-electron chi connectivity index (χ1n) is 7.10. The van der Waals surface area contributed by atoms with Crippen molar-refractivity contribution < 1.29 is 22.1 Å². The van der Waals surface area contributed by atoms with E-state index in [9.17, 15) is 13.2 Å². The van der Waals surface area contributed by atoms with Crippen LogP contribution >= 0.6 is 0 Å². The summed E-state index contributed by atoms with van der Waals surface area (Å²) in [6.07, 6.45) is 1.60. The first-order chi connectivity index (χ1) is 10.3. The fraction of sp³-hybridized carbons (Fsp3) is 0.533. The molecule has 122 valence electrons. The Bertz CT molecular complexity index is 626. The molecular weight excluding hydrogens is 306 g/mol. The van der Waals surface area contributed by atoms with Crippen LogP contribution in [-0.2, 0) is 19.1 Å². The maximum Gasteiger partial charge on any atom is 0.264 e. The lowest BCUT2D eigenvalue weighted by molar-refractivity contribution is -0.133. The summed E-state index contributed by atoms with van der Waals surface area (Å²) in [4.78, 5) is 14.1. The summed E-state index contributed by atoms with van der Waals surface area (Å²) in [6.45, 7) is 2.48. The number of benzene rings is 1. The Hall–Kier alpha value is -1.60. The number of carbonyl (C=O) groups excluding carboxylic acids is 1. The molecule has 7 heteroatoms. The number of nitrogens with zero attached hydrogens (tertiary/aromatic N) is 1. The molecule has 0 N–H and O–H groups in total. The second-order valence-electron chi connectivity index (χ2n) is 5.46. The van der Waals surface area contributed by atoms with Gasteiger partial charge in [-0.3, -0.25) is 8.98 Å². The van der Waals surface area contributed by atoms with Crippen LogP contribution in [0.1, 0.15) is 24.9 Å². The van der Waals surface area contributed by atoms with E-state index in [-0.39, 0.29) is 18.6 Å². The van der Waals surface area contributed by atoms with Crippen LogP contribution in [-0.4, -0.2) is 45.7 Å². The minimum Gasteiger partial charge on any atom is -0.497 e. The molecule has 0 radical (unpaired) electrons. The highest BCUT2D eigenvalue weighted by molar-refractivity contribution is 7.85. The maximum absolute atomic E-state index is 12.4. The van der Waals surface area contributed by atoms with Gasteiger partial charge < -0.3 is 9.64 Å². The van der Waals surface area contributed by atoms with Gasteiger partial charge >= 0.3 is 0 Å². The van der Waals surface area contributed by atoms with Gasteiger partial charge in [0.15, 0.2) is 0 Å². The molecule has 1 aliphatic heterocycles. The Morgan fingerprint density at radius 1 is 1.32 bits per heavy atom. The molecule has 1 aromatic carbocycles. The van der Waals surface area contributed by atoms with Gasteiger partial charge in [0.05, 0.1) is 31.9 Å². The van der Waals surface area contributed by atoms with Crippen LogP contribution in [0.15, 0.2) is 24.3 Å². The Labute approximate surface area is 131 Å². The van der Waals surface area contributed by atoms with Crippen molar-refractivity contribution in [2.45, 2.75) is 19.4 Å². The van der Waals surface area contributed by atoms with Gasteiger partial charge in [-0.2, -0.15) is 8.42 Å². The second kappa shape index (κ2) is 6.66. The number of rotatable bonds is 6. The van der Waals surface area contributed by atoms with Crippen LogP contribution in [0, 0.1) is 5.92 Å². The van der Waals surface area contributed by atoms with E-state index in [0.717, 1.165) is 17.6 Å². The number of ether oxygens (including phenoxy) is 1. The van der Waals surface area contributed by atoms with E-state index in [2.05, 4.69) is 0 Å². The van der Waals surface area contributed by atoms with Gasteiger partial charge in [0, 0.05) is 6.54 Å². The second-order valence-corrected chi connectivity index (χ2v) is 7.10. The summed E-state index contributed by atoms with van der Waals surface area (Å²) in [5, 5.41) is 0. The van der Waals surface area contributed by atoms with E-state index in [1.54, 1.807) is 12.0 Å². The zero-order valence-corrected chi connectivity index (χ0v) is 13.8. The monoisotopic (exact) mass is 327 g/mol. The summed E-state index contributed by atoms with van der Waals surface area (Å²) in [5.74, 6) is 0.311. The fourth-order valence-electron chi connectivity index (χ4n) is 2.57. The van der Waals surface area contributed by atoms with Gasteiger partial charge in [0.25, 0.3) is 10.1 Å². The van der Waals surface area contributed by atoms with Crippen LogP contribution in [0.2, 0.25) is 0 Å². The molecule has 0 bridgehead atoms. The zero-order chi connectivity index (χ0) is 16.3. The molecule has 0 aromatic heterocycles. The Morgan fingerprint density at radius 3 is 2.50 bits per heavy atom. The van der Waals surface area contributed by atoms with Gasteiger partial charge in [-0.05, 0) is 31.0 Å². The number of likely N-dealkylation sites (tertiary alicyclic amines) is 1. The van der Waals surface area contributed by atoms with Crippen LogP contribution in [0.4, 0.5) is 0 Å². The third kappa shape index (κ3) is 3.98. The summed E-state index contributed by atoms with van der Waals surface area (Å²) in [6, 6.07) is 7.50. The highest BCUT2D eigenvalue weighted by Crippen LogP contribution is 2.29. The lowest BCUT2D eigenvalue weighted by Crippen LogP contribution is -2.31. The predicted octanol–water partition coefficient (Wildman–Crippen LogP) is 1.58. The van der Waals surface area contributed by atoms with Crippen molar-refractivity contribution in [1.82, 2.24) is 4.90 Å². The third-order valence-electron chi connectivity index (χ3n) is 3.90. The molecule has 6 nitrogen and oxygen atoms in total. The molecule has 0 aliphatic carbocycles. The lowest BCUT2D eigenvalue weighted by Gasteiger charge is -2.25. The molecule has 0 saturated carbocycles. The van der Waals surface area contributed by atoms with E-state index >= 15 is 0 Å². The molecule has 1 fully saturated rings. The average molecular weight is 327 g/mol. The Morgan fingerprint density at radius 2 is 1.95 bits per heavy atom. The molecule has 0 spiro atoms. The van der Waals surface area contributed by atoms with Crippen molar-refractivity contribution in [3.8, 4) is 5.75 Å². The Kier molecular flexibility index (Phi) is 5.08. The van der Waals surface area contributed by atoms with Crippen molar-refractivity contribution >= 4 is 16.0 Å². The number of amides is 1. The Balaban J connectivity index is 2.02. The molecule has 2 unspecified atom stereocenters. The van der Waals surface area contributed by atoms with Crippen LogP contribution in [0.5, 0.6) is 5.75 Å². The minimum absolute atomic E-state index is 0.0630. The van der Waals surface area contributed by atoms with Crippen LogP contribution < -0.4 is 4.74 Å². The van der Waals surface area contributed by atoms with Gasteiger partial charge in [-0.15, -0.1) is 0 Å². The number of carbonyl (C=O) groups is 1. The molecule has 2 rings (SSSR count). The van der Waals surface area contributed by atoms with Crippen molar-refractivity contribution in [3.63, 3.8) is 0 Å². The van der Waals surface area contributed by atoms with Crippen LogP contribution in [0.25, 0.3) is 0 Å². The van der Waals surface area contributed by atoms with E-state index in [1.165, 1.54) is 0 Å². The van der Waals surface area contributed by atoms with Gasteiger partial charge in [-0.25, -0.2) is 0 Å². The first kappa shape index (κ1) is 16.8. The van der Waals surface area contributed by atoms with E-state index in [1.807, 2.05) is 31.2 Å². The fourth-order valence-corrected chi connectivity index (χ4v) is 2.98. The summed E-state index contributed by atoms with van der Waals surface area (Å²) in [5.41, 5.74) is 1.01. The SMILES string of the molecule is COc1ccc(C(C)N2CCC(COS(C)(=O)=O)C2=O)cc1. The third-order valence-corrected chi connectivity index (χ3v) is 4.46. The molecule has 1 aromatic rings. The van der Waals surface area contributed by atoms with E-state index < -0.39 is 16.0 Å². The quantitative estimate of drug-likeness (QED) is 0.742. The largest absolute Gasteiger partial charge is 0.497 e. The predicted molar refractivity (Wildman–Crippen MR) is 82.0 cm³/mol. The maximum atomic E-state index is 12.4. The molecular formula is C15H21NO5S. The number of methoxy groups -OCH3 is 1. The van der Waals surface area contributed by atoms with Crippen LogP contribution in [0.3, 0.4) is 0 Å². The highest BCUT2D eigenvalue weighted by atomic mass is 32.2. The number of hydrogen-bond acceptors (Lipinski definition) is 5. The zero-order valence-electron chi connectivity index (χ0n) is 13.0. The summed E-state index contributed by atoms with van der Waals surface area (Å²) in [7, 11) is -1.91. The van der Waals surface area contributed by atoms with E-state index in [4.69, 9.17) is 8.92 Å². The molecule has 1 saturated heterocycles. The summed E-state index contributed by atoms with van der Waals surface area (Å²) >= 11 is 0. The average Bonchev–Trinajstić information content (AvgIpc) is 2.85. The van der Waals surface area contributed by atoms with Gasteiger partial charge in [0.2, 0.25) is 5.91 Å². The highest BCUT2D eigenvalue weighted by Gasteiger charge is 2.35. The standard InChI is InChI=1S/C15H21NO5S/c1-11(12-4-6-14(20-2)7-5-12)16-9-8-13(15(16)17)10-21-22(3,18)19/h4-7,11,13H,8-10H2,1-3H3. The topological polar surface area (TPSA) is 72.9 Å². The van der Waals surface area contributed by atoms with Crippen molar-refractivity contribution in [2.75, 3.05) is 26.5 Å². The molecule has 1 heterocycles. The first-order valence-corrected chi connectivity index (χ1v) is 8.92. The minimum atomic E-state index is -3.52. The van der Waals surface area contributed by atoms with Gasteiger partial charge in [-0.1, -0.05) is 12.1 Å². The normalized spacial score (nSPS) is 20.2. The lowest BCUT2D eigenvalue weighted by atomic mass is 10.1. The van der Waals surface area contributed by atoms with Crippen molar-refractivity contribution in [2.24, 2.45) is 5.92 Å². The van der Waals surface area contributed by atoms with Gasteiger partial charge in [0.1, 0.15) is 5.75 Å². The molecule has 1 amide bonds. The van der Waals surface area contributed by atoms with Crippen molar-refractivity contribution in [1.29, 1.82) is 0 Å². The van der Waals surface area contributed by atoms with E-state index in [0.29, 0.717) is 13.0 Å². The summed E-state index contributed by atoms with van der Waals surface area (Å²) < 4.78 is 31.9. The van der Waals surface area contributed by atoms with Crippen molar-refractivity contribution in [3.05, 3.63) is 29.8 Å². The number of hydrogen-bond donors (Lipinski definition) is 0. The molecule has 2 atom stereocenters. The smallest absolute Gasteiger partial charge is 0.264 e.